The molecule has 3 aromatic rings. The SMILES string of the molecule is O=C(NCc1ccccc1)N1CCCC1c1nc(-c2ccc(F)cc2)no1. The highest BCUT2D eigenvalue weighted by Crippen LogP contribution is 2.32. The average Bonchev–Trinajstić information content (AvgIpc) is 3.37. The monoisotopic (exact) mass is 366 g/mol. The lowest BCUT2D eigenvalue weighted by Gasteiger charge is -2.22. The molecule has 1 aliphatic rings. The summed E-state index contributed by atoms with van der Waals surface area (Å²) >= 11 is 0. The van der Waals surface area contributed by atoms with E-state index in [-0.39, 0.29) is 17.9 Å². The molecule has 0 saturated carbocycles. The zero-order chi connectivity index (χ0) is 18.6. The lowest BCUT2D eigenvalue weighted by molar-refractivity contribution is 0.180. The van der Waals surface area contributed by atoms with Crippen LogP contribution in [0.1, 0.15) is 30.3 Å². The van der Waals surface area contributed by atoms with Gasteiger partial charge in [0.25, 0.3) is 0 Å². The molecule has 1 N–H and O–H groups in total. The van der Waals surface area contributed by atoms with Gasteiger partial charge in [-0.05, 0) is 42.7 Å². The zero-order valence-electron chi connectivity index (χ0n) is 14.6. The third kappa shape index (κ3) is 3.81. The smallest absolute Gasteiger partial charge is 0.318 e. The number of amides is 2. The van der Waals surface area contributed by atoms with Crippen molar-refractivity contribution < 1.29 is 13.7 Å². The van der Waals surface area contributed by atoms with Crippen molar-refractivity contribution in [1.29, 1.82) is 0 Å². The molecule has 7 heteroatoms. The molecule has 1 unspecified atom stereocenters. The fourth-order valence-corrected chi connectivity index (χ4v) is 3.23. The summed E-state index contributed by atoms with van der Waals surface area (Å²) in [6.45, 7) is 1.10. The number of carbonyl (C=O) groups excluding carboxylic acids is 1. The first-order chi connectivity index (χ1) is 13.2. The summed E-state index contributed by atoms with van der Waals surface area (Å²) in [5.74, 6) is 0.475. The summed E-state index contributed by atoms with van der Waals surface area (Å²) in [5.41, 5.74) is 1.71. The Morgan fingerprint density at radius 1 is 1.19 bits per heavy atom. The van der Waals surface area contributed by atoms with Gasteiger partial charge in [-0.1, -0.05) is 35.5 Å². The van der Waals surface area contributed by atoms with Gasteiger partial charge in [-0.15, -0.1) is 0 Å². The van der Waals surface area contributed by atoms with Crippen LogP contribution >= 0.6 is 0 Å². The van der Waals surface area contributed by atoms with Crippen molar-refractivity contribution in [2.75, 3.05) is 6.54 Å². The number of hydrogen-bond donors (Lipinski definition) is 1. The topological polar surface area (TPSA) is 71.3 Å². The quantitative estimate of drug-likeness (QED) is 0.760. The van der Waals surface area contributed by atoms with Crippen molar-refractivity contribution in [2.45, 2.75) is 25.4 Å². The van der Waals surface area contributed by atoms with E-state index < -0.39 is 0 Å². The van der Waals surface area contributed by atoms with Gasteiger partial charge in [-0.25, -0.2) is 9.18 Å². The number of carbonyl (C=O) groups is 1. The Morgan fingerprint density at radius 3 is 2.74 bits per heavy atom. The van der Waals surface area contributed by atoms with Crippen LogP contribution in [0.15, 0.2) is 59.1 Å². The summed E-state index contributed by atoms with van der Waals surface area (Å²) in [6.07, 6.45) is 1.64. The number of benzene rings is 2. The Hall–Kier alpha value is -3.22. The lowest BCUT2D eigenvalue weighted by atomic mass is 10.2. The molecule has 0 spiro atoms. The molecule has 4 rings (SSSR count). The third-order valence-corrected chi connectivity index (χ3v) is 4.63. The van der Waals surface area contributed by atoms with Crippen LogP contribution < -0.4 is 5.32 Å². The molecule has 2 amide bonds. The van der Waals surface area contributed by atoms with E-state index in [9.17, 15) is 9.18 Å². The Kier molecular flexibility index (Phi) is 4.82. The highest BCUT2D eigenvalue weighted by molar-refractivity contribution is 5.75. The van der Waals surface area contributed by atoms with Crippen LogP contribution in [0.25, 0.3) is 11.4 Å². The molecule has 2 heterocycles. The summed E-state index contributed by atoms with van der Waals surface area (Å²) in [7, 11) is 0. The third-order valence-electron chi connectivity index (χ3n) is 4.63. The van der Waals surface area contributed by atoms with Gasteiger partial charge in [0.2, 0.25) is 11.7 Å². The van der Waals surface area contributed by atoms with E-state index in [1.165, 1.54) is 12.1 Å². The van der Waals surface area contributed by atoms with Crippen LogP contribution in [0, 0.1) is 5.82 Å². The van der Waals surface area contributed by atoms with Crippen LogP contribution in [-0.4, -0.2) is 27.6 Å². The molecule has 138 valence electrons. The van der Waals surface area contributed by atoms with E-state index in [0.717, 1.165) is 18.4 Å². The van der Waals surface area contributed by atoms with Crippen LogP contribution in [0.4, 0.5) is 9.18 Å². The average molecular weight is 366 g/mol. The fraction of sp³-hybridized carbons (Fsp3) is 0.250. The number of hydrogen-bond acceptors (Lipinski definition) is 4. The minimum atomic E-state index is -0.320. The summed E-state index contributed by atoms with van der Waals surface area (Å²) < 4.78 is 18.5. The van der Waals surface area contributed by atoms with Crippen LogP contribution in [0.5, 0.6) is 0 Å². The molecule has 0 aliphatic carbocycles. The Morgan fingerprint density at radius 2 is 1.96 bits per heavy atom. The largest absolute Gasteiger partial charge is 0.337 e. The van der Waals surface area contributed by atoms with E-state index in [1.807, 2.05) is 30.3 Å². The molecule has 2 aromatic carbocycles. The minimum Gasteiger partial charge on any atom is -0.337 e. The zero-order valence-corrected chi connectivity index (χ0v) is 14.6. The number of halogens is 1. The van der Waals surface area contributed by atoms with Crippen LogP contribution in [0.3, 0.4) is 0 Å². The van der Waals surface area contributed by atoms with Gasteiger partial charge in [0.15, 0.2) is 0 Å². The van der Waals surface area contributed by atoms with Crippen molar-refractivity contribution in [3.63, 3.8) is 0 Å². The number of nitrogens with zero attached hydrogens (tertiary/aromatic N) is 3. The van der Waals surface area contributed by atoms with Crippen LogP contribution in [0.2, 0.25) is 0 Å². The van der Waals surface area contributed by atoms with E-state index in [1.54, 1.807) is 17.0 Å². The first kappa shape index (κ1) is 17.2. The van der Waals surface area contributed by atoms with Crippen molar-refractivity contribution in [2.24, 2.45) is 0 Å². The van der Waals surface area contributed by atoms with Gasteiger partial charge in [0.05, 0.1) is 0 Å². The van der Waals surface area contributed by atoms with E-state index in [4.69, 9.17) is 4.52 Å². The van der Waals surface area contributed by atoms with Gasteiger partial charge in [0.1, 0.15) is 11.9 Å². The molecule has 6 nitrogen and oxygen atoms in total. The van der Waals surface area contributed by atoms with Gasteiger partial charge in [-0.2, -0.15) is 4.98 Å². The molecule has 1 aliphatic heterocycles. The molecular weight excluding hydrogens is 347 g/mol. The summed E-state index contributed by atoms with van der Waals surface area (Å²) in [4.78, 5) is 18.7. The predicted molar refractivity (Wildman–Crippen MR) is 97.1 cm³/mol. The van der Waals surface area contributed by atoms with Crippen LogP contribution in [-0.2, 0) is 6.54 Å². The van der Waals surface area contributed by atoms with Crippen molar-refractivity contribution in [3.8, 4) is 11.4 Å². The van der Waals surface area contributed by atoms with Gasteiger partial charge < -0.3 is 14.7 Å². The standard InChI is InChI=1S/C20H19FN4O2/c21-16-10-8-15(9-11-16)18-23-19(27-24-18)17-7-4-12-25(17)20(26)22-13-14-5-2-1-3-6-14/h1-3,5-6,8-11,17H,4,7,12-13H2,(H,22,26). The second kappa shape index (κ2) is 7.57. The normalized spacial score (nSPS) is 16.5. The highest BCUT2D eigenvalue weighted by atomic mass is 19.1. The van der Waals surface area contributed by atoms with Crippen molar-refractivity contribution in [1.82, 2.24) is 20.4 Å². The van der Waals surface area contributed by atoms with E-state index in [2.05, 4.69) is 15.5 Å². The molecule has 1 atom stereocenters. The number of nitrogens with one attached hydrogen (secondary N) is 1. The Labute approximate surface area is 156 Å². The van der Waals surface area contributed by atoms with Crippen molar-refractivity contribution in [3.05, 3.63) is 71.9 Å². The minimum absolute atomic E-state index is 0.150. The van der Waals surface area contributed by atoms with Gasteiger partial charge >= 0.3 is 6.03 Å². The molecule has 0 radical (unpaired) electrons. The molecule has 1 fully saturated rings. The molecule has 1 saturated heterocycles. The number of urea groups is 1. The highest BCUT2D eigenvalue weighted by Gasteiger charge is 2.34. The van der Waals surface area contributed by atoms with E-state index >= 15 is 0 Å². The van der Waals surface area contributed by atoms with Crippen molar-refractivity contribution >= 4 is 6.03 Å². The number of likely N-dealkylation sites (tertiary alicyclic amines) is 1. The van der Waals surface area contributed by atoms with Gasteiger partial charge in [-0.3, -0.25) is 0 Å². The summed E-state index contributed by atoms with van der Waals surface area (Å²) in [5, 5.41) is 6.92. The number of aromatic nitrogens is 2. The second-order valence-electron chi connectivity index (χ2n) is 6.46. The first-order valence-corrected chi connectivity index (χ1v) is 8.88. The Bertz CT molecular complexity index is 911. The maximum Gasteiger partial charge on any atom is 0.318 e. The fourth-order valence-electron chi connectivity index (χ4n) is 3.23. The first-order valence-electron chi connectivity index (χ1n) is 8.88. The molecule has 0 bridgehead atoms. The summed E-state index contributed by atoms with van der Waals surface area (Å²) in [6, 6.07) is 15.3. The van der Waals surface area contributed by atoms with E-state index in [0.29, 0.717) is 30.4 Å². The lowest BCUT2D eigenvalue weighted by Crippen LogP contribution is -2.39. The predicted octanol–water partition coefficient (Wildman–Crippen LogP) is 3.92. The molecule has 1 aromatic heterocycles. The van der Waals surface area contributed by atoms with Gasteiger partial charge in [0, 0.05) is 18.7 Å². The Balaban J connectivity index is 1.45. The molecular formula is C20H19FN4O2. The maximum atomic E-state index is 13.1. The number of rotatable bonds is 4. The maximum absolute atomic E-state index is 13.1. The second-order valence-corrected chi connectivity index (χ2v) is 6.46. The molecule has 27 heavy (non-hydrogen) atoms.